The fourth-order valence-corrected chi connectivity index (χ4v) is 2.51. The van der Waals surface area contributed by atoms with Crippen LogP contribution in [0.25, 0.3) is 10.9 Å². The minimum atomic E-state index is -0.108. The third kappa shape index (κ3) is 2.74. The number of fused-ring (bicyclic) bond motifs is 1. The van der Waals surface area contributed by atoms with Gasteiger partial charge in [0, 0.05) is 29.1 Å². The zero-order valence-electron chi connectivity index (χ0n) is 10.4. The number of H-pyrrole nitrogens is 1. The molecule has 0 unspecified atom stereocenters. The molecule has 1 aliphatic heterocycles. The number of benzene rings is 1. The van der Waals surface area contributed by atoms with Crippen LogP contribution in [0.15, 0.2) is 24.3 Å². The quantitative estimate of drug-likeness (QED) is 0.907. The first-order valence-electron chi connectivity index (χ1n) is 6.40. The topological polar surface area (TPSA) is 54.1 Å². The van der Waals surface area contributed by atoms with Crippen LogP contribution in [0.1, 0.15) is 23.3 Å². The van der Waals surface area contributed by atoms with Gasteiger partial charge in [0.05, 0.1) is 6.10 Å². The highest BCUT2D eigenvalue weighted by atomic mass is 35.5. The molecule has 1 fully saturated rings. The summed E-state index contributed by atoms with van der Waals surface area (Å²) in [4.78, 5) is 15.1. The zero-order valence-corrected chi connectivity index (χ0v) is 11.2. The first-order chi connectivity index (χ1) is 9.22. The van der Waals surface area contributed by atoms with Gasteiger partial charge in [0.15, 0.2) is 0 Å². The Hall–Kier alpha value is -1.52. The summed E-state index contributed by atoms with van der Waals surface area (Å²) in [6.45, 7) is 1.36. The van der Waals surface area contributed by atoms with Crippen LogP contribution in [0, 0.1) is 0 Å². The molecule has 5 heteroatoms. The highest BCUT2D eigenvalue weighted by Gasteiger charge is 2.17. The fourth-order valence-electron chi connectivity index (χ4n) is 2.33. The van der Waals surface area contributed by atoms with Gasteiger partial charge in [-0.3, -0.25) is 4.79 Å². The van der Waals surface area contributed by atoms with Crippen LogP contribution in [0.5, 0.6) is 0 Å². The molecule has 2 heterocycles. The van der Waals surface area contributed by atoms with Gasteiger partial charge in [0.1, 0.15) is 5.69 Å². The molecular weight excluding hydrogens is 264 g/mol. The number of rotatable bonds is 3. The third-order valence-corrected chi connectivity index (χ3v) is 3.58. The van der Waals surface area contributed by atoms with Gasteiger partial charge >= 0.3 is 0 Å². The molecule has 0 radical (unpaired) electrons. The van der Waals surface area contributed by atoms with Crippen molar-refractivity contribution in [1.82, 2.24) is 10.3 Å². The number of ether oxygens (including phenoxy) is 1. The second kappa shape index (κ2) is 5.23. The van der Waals surface area contributed by atoms with Gasteiger partial charge < -0.3 is 15.0 Å². The monoisotopic (exact) mass is 278 g/mol. The predicted octanol–water partition coefficient (Wildman–Crippen LogP) is 2.73. The second-order valence-electron chi connectivity index (χ2n) is 4.76. The number of carbonyl (C=O) groups excluding carboxylic acids is 1. The maximum absolute atomic E-state index is 12.0. The van der Waals surface area contributed by atoms with Crippen molar-refractivity contribution in [1.29, 1.82) is 0 Å². The summed E-state index contributed by atoms with van der Waals surface area (Å²) in [6.07, 6.45) is 2.25. The van der Waals surface area contributed by atoms with Crippen molar-refractivity contribution in [2.45, 2.75) is 18.9 Å². The molecule has 1 amide bonds. The van der Waals surface area contributed by atoms with E-state index in [9.17, 15) is 4.79 Å². The van der Waals surface area contributed by atoms with E-state index >= 15 is 0 Å². The molecule has 100 valence electrons. The lowest BCUT2D eigenvalue weighted by molar-refractivity contribution is 0.0854. The van der Waals surface area contributed by atoms with E-state index in [1.165, 1.54) is 0 Å². The number of nitrogens with one attached hydrogen (secondary N) is 2. The lowest BCUT2D eigenvalue weighted by Crippen LogP contribution is -2.31. The highest BCUT2D eigenvalue weighted by molar-refractivity contribution is 6.31. The Labute approximate surface area is 116 Å². The molecule has 4 nitrogen and oxygen atoms in total. The Balaban J connectivity index is 1.70. The molecule has 1 saturated heterocycles. The van der Waals surface area contributed by atoms with E-state index in [0.717, 1.165) is 30.4 Å². The lowest BCUT2D eigenvalue weighted by atomic mass is 10.2. The molecule has 19 heavy (non-hydrogen) atoms. The maximum atomic E-state index is 12.0. The van der Waals surface area contributed by atoms with Crippen molar-refractivity contribution in [3.8, 4) is 0 Å². The summed E-state index contributed by atoms with van der Waals surface area (Å²) in [5.41, 5.74) is 1.46. The Morgan fingerprint density at radius 3 is 3.16 bits per heavy atom. The average molecular weight is 279 g/mol. The van der Waals surface area contributed by atoms with E-state index in [1.54, 1.807) is 6.07 Å². The maximum Gasteiger partial charge on any atom is 0.267 e. The van der Waals surface area contributed by atoms with Crippen LogP contribution in [0.3, 0.4) is 0 Å². The smallest absolute Gasteiger partial charge is 0.267 e. The first-order valence-corrected chi connectivity index (χ1v) is 6.78. The SMILES string of the molecule is O=C(NC[C@H]1CCCO1)c1cc2cc(Cl)ccc2[nH]1. The van der Waals surface area contributed by atoms with Gasteiger partial charge in [0.25, 0.3) is 5.91 Å². The van der Waals surface area contributed by atoms with Crippen LogP contribution in [0.4, 0.5) is 0 Å². The van der Waals surface area contributed by atoms with Gasteiger partial charge in [-0.05, 0) is 37.1 Å². The minimum absolute atomic E-state index is 0.108. The van der Waals surface area contributed by atoms with Crippen LogP contribution in [-0.4, -0.2) is 30.1 Å². The van der Waals surface area contributed by atoms with Crippen molar-refractivity contribution < 1.29 is 9.53 Å². The number of aromatic amines is 1. The second-order valence-corrected chi connectivity index (χ2v) is 5.20. The molecule has 1 aromatic carbocycles. The summed E-state index contributed by atoms with van der Waals surface area (Å²) in [7, 11) is 0. The van der Waals surface area contributed by atoms with E-state index < -0.39 is 0 Å². The summed E-state index contributed by atoms with van der Waals surface area (Å²) >= 11 is 5.92. The summed E-state index contributed by atoms with van der Waals surface area (Å²) in [6, 6.07) is 7.32. The van der Waals surface area contributed by atoms with Crippen molar-refractivity contribution in [2.24, 2.45) is 0 Å². The van der Waals surface area contributed by atoms with Crippen LogP contribution in [-0.2, 0) is 4.74 Å². The van der Waals surface area contributed by atoms with Gasteiger partial charge in [-0.1, -0.05) is 11.6 Å². The lowest BCUT2D eigenvalue weighted by Gasteiger charge is -2.09. The van der Waals surface area contributed by atoms with Crippen molar-refractivity contribution in [2.75, 3.05) is 13.2 Å². The van der Waals surface area contributed by atoms with E-state index in [4.69, 9.17) is 16.3 Å². The summed E-state index contributed by atoms with van der Waals surface area (Å²) in [5, 5.41) is 4.49. The number of hydrogen-bond acceptors (Lipinski definition) is 2. The molecule has 1 aliphatic rings. The van der Waals surface area contributed by atoms with Crippen molar-refractivity contribution in [3.63, 3.8) is 0 Å². The molecule has 0 saturated carbocycles. The minimum Gasteiger partial charge on any atom is -0.376 e. The number of carbonyl (C=O) groups is 1. The molecule has 2 N–H and O–H groups in total. The summed E-state index contributed by atoms with van der Waals surface area (Å²) in [5.74, 6) is -0.108. The third-order valence-electron chi connectivity index (χ3n) is 3.34. The van der Waals surface area contributed by atoms with Crippen LogP contribution < -0.4 is 5.32 Å². The normalized spacial score (nSPS) is 18.9. The predicted molar refractivity (Wildman–Crippen MR) is 74.6 cm³/mol. The molecule has 3 rings (SSSR count). The van der Waals surface area contributed by atoms with Crippen molar-refractivity contribution in [3.05, 3.63) is 35.0 Å². The molecule has 2 aromatic rings. The van der Waals surface area contributed by atoms with Gasteiger partial charge in [-0.2, -0.15) is 0 Å². The Bertz CT molecular complexity index is 603. The van der Waals surface area contributed by atoms with Gasteiger partial charge in [0.2, 0.25) is 0 Å². The number of amides is 1. The molecule has 0 spiro atoms. The van der Waals surface area contributed by atoms with Crippen molar-refractivity contribution >= 4 is 28.4 Å². The van der Waals surface area contributed by atoms with Crippen LogP contribution >= 0.6 is 11.6 Å². The number of hydrogen-bond donors (Lipinski definition) is 2. The molecule has 1 aromatic heterocycles. The Morgan fingerprint density at radius 1 is 1.47 bits per heavy atom. The van der Waals surface area contributed by atoms with E-state index in [1.807, 2.05) is 18.2 Å². The first kappa shape index (κ1) is 12.5. The molecule has 1 atom stereocenters. The van der Waals surface area contributed by atoms with E-state index in [-0.39, 0.29) is 12.0 Å². The van der Waals surface area contributed by atoms with Gasteiger partial charge in [-0.15, -0.1) is 0 Å². The molecule has 0 bridgehead atoms. The van der Waals surface area contributed by atoms with E-state index in [0.29, 0.717) is 17.3 Å². The Kier molecular flexibility index (Phi) is 3.44. The number of aromatic nitrogens is 1. The van der Waals surface area contributed by atoms with E-state index in [2.05, 4.69) is 10.3 Å². The number of halogens is 1. The fraction of sp³-hybridized carbons (Fsp3) is 0.357. The average Bonchev–Trinajstić information content (AvgIpc) is 3.04. The molecular formula is C14H15ClN2O2. The largest absolute Gasteiger partial charge is 0.376 e. The summed E-state index contributed by atoms with van der Waals surface area (Å²) < 4.78 is 5.47. The Morgan fingerprint density at radius 2 is 2.37 bits per heavy atom. The van der Waals surface area contributed by atoms with Crippen LogP contribution in [0.2, 0.25) is 5.02 Å². The zero-order chi connectivity index (χ0) is 13.2. The standard InChI is InChI=1S/C14H15ClN2O2/c15-10-3-4-12-9(6-10)7-13(17-12)14(18)16-8-11-2-1-5-19-11/h3-4,6-7,11,17H,1-2,5,8H2,(H,16,18)/t11-/m1/s1. The highest BCUT2D eigenvalue weighted by Crippen LogP contribution is 2.20. The molecule has 0 aliphatic carbocycles. The van der Waals surface area contributed by atoms with Gasteiger partial charge in [-0.25, -0.2) is 0 Å².